The number of ether oxygens (including phenoxy) is 1. The van der Waals surface area contributed by atoms with Crippen molar-refractivity contribution in [1.29, 1.82) is 0 Å². The first-order valence-electron chi connectivity index (χ1n) is 17.4. The molecule has 272 valence electrons. The highest BCUT2D eigenvalue weighted by molar-refractivity contribution is 5.90. The van der Waals surface area contributed by atoms with Gasteiger partial charge in [-0.3, -0.25) is 14.4 Å². The van der Waals surface area contributed by atoms with E-state index in [1.54, 1.807) is 11.1 Å². The Hall–Kier alpha value is -4.50. The Morgan fingerprint density at radius 1 is 1.14 bits per heavy atom. The molecule has 0 aliphatic carbocycles. The van der Waals surface area contributed by atoms with Crippen molar-refractivity contribution in [3.8, 4) is 11.3 Å². The van der Waals surface area contributed by atoms with Gasteiger partial charge in [0.2, 0.25) is 11.8 Å². The van der Waals surface area contributed by atoms with Crippen LogP contribution < -0.4 is 10.6 Å². The van der Waals surface area contributed by atoms with Gasteiger partial charge in [-0.15, -0.1) is 0 Å². The van der Waals surface area contributed by atoms with Crippen LogP contribution in [-0.2, 0) is 25.7 Å². The second-order valence-corrected chi connectivity index (χ2v) is 13.4. The highest BCUT2D eigenvalue weighted by Crippen LogP contribution is 2.38. The number of aliphatic hydroxyl groups is 2. The lowest BCUT2D eigenvalue weighted by atomic mass is 9.87. The van der Waals surface area contributed by atoms with E-state index < -0.39 is 41.8 Å². The number of halogens is 2. The average molecular weight is 707 g/mol. The Bertz CT molecular complexity index is 1730. The molecule has 3 aliphatic rings. The van der Waals surface area contributed by atoms with Gasteiger partial charge in [-0.05, 0) is 55.5 Å². The van der Waals surface area contributed by atoms with E-state index in [1.807, 2.05) is 34.9 Å². The molecule has 3 aliphatic heterocycles. The van der Waals surface area contributed by atoms with E-state index in [1.165, 1.54) is 24.0 Å². The highest BCUT2D eigenvalue weighted by atomic mass is 19.1. The topological polar surface area (TPSA) is 149 Å². The fraction of sp³-hybridized carbons (Fsp3) is 0.459. The number of aliphatic hydroxyl groups excluding tert-OH is 2. The number of rotatable bonds is 13. The summed E-state index contributed by atoms with van der Waals surface area (Å²) in [6, 6.07) is 12.1. The van der Waals surface area contributed by atoms with Crippen LogP contribution in [0.15, 0.2) is 66.9 Å². The molecule has 5 atom stereocenters. The maximum absolute atomic E-state index is 15.2. The quantitative estimate of drug-likeness (QED) is 0.212. The molecule has 2 saturated heterocycles. The molecule has 0 saturated carbocycles. The van der Waals surface area contributed by atoms with Gasteiger partial charge >= 0.3 is 0 Å². The van der Waals surface area contributed by atoms with Crippen molar-refractivity contribution in [2.24, 2.45) is 17.8 Å². The van der Waals surface area contributed by atoms with Gasteiger partial charge < -0.3 is 40.0 Å². The van der Waals surface area contributed by atoms with E-state index in [-0.39, 0.29) is 54.5 Å². The normalized spacial score (nSPS) is 21.9. The third-order valence-electron chi connectivity index (χ3n) is 9.93. The smallest absolute Gasteiger partial charge is 0.251 e. The number of carbonyl (C=O) groups is 3. The number of nitrogens with zero attached hydrogens (tertiary/aromatic N) is 4. The lowest BCUT2D eigenvalue weighted by molar-refractivity contribution is -0.146. The molecule has 4 N–H and O–H groups in total. The molecule has 14 heteroatoms. The summed E-state index contributed by atoms with van der Waals surface area (Å²) >= 11 is 0. The predicted octanol–water partition coefficient (Wildman–Crippen LogP) is 2.22. The second-order valence-electron chi connectivity index (χ2n) is 13.4. The Balaban J connectivity index is 1.34. The van der Waals surface area contributed by atoms with E-state index in [4.69, 9.17) is 9.72 Å². The van der Waals surface area contributed by atoms with Crippen LogP contribution in [0.25, 0.3) is 11.3 Å². The molecule has 0 bridgehead atoms. The molecular weight excluding hydrogens is 662 g/mol. The number of hydrogen-bond acceptors (Lipinski definition) is 8. The Morgan fingerprint density at radius 3 is 2.61 bits per heavy atom. The Morgan fingerprint density at radius 2 is 1.90 bits per heavy atom. The molecule has 3 amide bonds. The summed E-state index contributed by atoms with van der Waals surface area (Å²) in [5.41, 5.74) is 1.12. The van der Waals surface area contributed by atoms with Gasteiger partial charge in [0.05, 0.1) is 17.7 Å². The van der Waals surface area contributed by atoms with Gasteiger partial charge in [-0.1, -0.05) is 30.3 Å². The molecule has 3 aromatic rings. The lowest BCUT2D eigenvalue weighted by Crippen LogP contribution is -2.49. The minimum absolute atomic E-state index is 0.0159. The van der Waals surface area contributed by atoms with Crippen LogP contribution in [0.2, 0.25) is 0 Å². The Kier molecular flexibility index (Phi) is 11.6. The van der Waals surface area contributed by atoms with E-state index in [2.05, 4.69) is 10.6 Å². The standard InChI is InChI=1S/C37H44F2N6O6/c1-23(46)37(50)45(21-26-18-40-19-29(26)36(49)41-13-14-44-32(47)9-10-33(44)48)34(25-11-15-51-16-12-25)35-42-31(28-17-27(38)7-8-30(28)39)22-43(35)20-24-5-3-2-4-6-24/h2-10,17,22-23,25-26,29,32,34,40,46-47H,11-16,18-21H2,1H3,(H,41,49). The maximum Gasteiger partial charge on any atom is 0.251 e. The molecule has 6 rings (SSSR count). The molecule has 0 radical (unpaired) electrons. The fourth-order valence-electron chi connectivity index (χ4n) is 7.27. The van der Waals surface area contributed by atoms with Gasteiger partial charge in [0, 0.05) is 76.2 Å². The van der Waals surface area contributed by atoms with Crippen LogP contribution in [0.1, 0.15) is 37.2 Å². The molecule has 51 heavy (non-hydrogen) atoms. The number of imidazole rings is 1. The van der Waals surface area contributed by atoms with Gasteiger partial charge in [0.15, 0.2) is 0 Å². The van der Waals surface area contributed by atoms with Crippen LogP contribution in [0, 0.1) is 29.4 Å². The van der Waals surface area contributed by atoms with E-state index in [0.717, 1.165) is 23.8 Å². The molecule has 1 aromatic heterocycles. The zero-order valence-corrected chi connectivity index (χ0v) is 28.5. The van der Waals surface area contributed by atoms with Crippen LogP contribution in [0.3, 0.4) is 0 Å². The van der Waals surface area contributed by atoms with Crippen molar-refractivity contribution >= 4 is 17.7 Å². The zero-order valence-electron chi connectivity index (χ0n) is 28.5. The monoisotopic (exact) mass is 706 g/mol. The van der Waals surface area contributed by atoms with Crippen molar-refractivity contribution < 1.29 is 38.1 Å². The van der Waals surface area contributed by atoms with Crippen LogP contribution >= 0.6 is 0 Å². The van der Waals surface area contributed by atoms with Crippen LogP contribution in [-0.4, -0.2) is 106 Å². The average Bonchev–Trinajstić information content (AvgIpc) is 3.85. The Labute approximate surface area is 295 Å². The SMILES string of the molecule is CC(O)C(=O)N(CC1CNCC1C(=O)NCCN1C(=O)C=CC1O)C(c1nc(-c2cc(F)ccc2F)cn1Cc1ccccc1)C1CCOCC1. The molecule has 12 nitrogen and oxygen atoms in total. The van der Waals surface area contributed by atoms with Crippen molar-refractivity contribution in [3.05, 3.63) is 89.9 Å². The van der Waals surface area contributed by atoms with Crippen molar-refractivity contribution in [2.75, 3.05) is 45.9 Å². The van der Waals surface area contributed by atoms with Gasteiger partial charge in [-0.25, -0.2) is 13.8 Å². The molecule has 5 unspecified atom stereocenters. The molecule has 0 spiro atoms. The van der Waals surface area contributed by atoms with Crippen LogP contribution in [0.4, 0.5) is 8.78 Å². The first kappa shape index (κ1) is 36.3. The summed E-state index contributed by atoms with van der Waals surface area (Å²) in [7, 11) is 0. The van der Waals surface area contributed by atoms with E-state index in [9.17, 15) is 29.0 Å². The zero-order chi connectivity index (χ0) is 36.1. The third-order valence-corrected chi connectivity index (χ3v) is 9.93. The van der Waals surface area contributed by atoms with Gasteiger partial charge in [0.1, 0.15) is 29.8 Å². The number of carbonyl (C=O) groups excluding carboxylic acids is 3. The van der Waals surface area contributed by atoms with E-state index >= 15 is 4.39 Å². The molecular formula is C37H44F2N6O6. The number of amides is 3. The van der Waals surface area contributed by atoms with Crippen molar-refractivity contribution in [3.63, 3.8) is 0 Å². The van der Waals surface area contributed by atoms with Crippen LogP contribution in [0.5, 0.6) is 0 Å². The summed E-state index contributed by atoms with van der Waals surface area (Å²) in [6.07, 6.45) is 3.09. The minimum atomic E-state index is -1.37. The number of benzene rings is 2. The summed E-state index contributed by atoms with van der Waals surface area (Å²) < 4.78 is 37.1. The molecule has 4 heterocycles. The second kappa shape index (κ2) is 16.2. The predicted molar refractivity (Wildman–Crippen MR) is 183 cm³/mol. The largest absolute Gasteiger partial charge is 0.384 e. The van der Waals surface area contributed by atoms with Gasteiger partial charge in [-0.2, -0.15) is 0 Å². The highest BCUT2D eigenvalue weighted by Gasteiger charge is 2.42. The number of aromatic nitrogens is 2. The van der Waals surface area contributed by atoms with Crippen molar-refractivity contribution in [1.82, 2.24) is 30.0 Å². The summed E-state index contributed by atoms with van der Waals surface area (Å²) in [6.45, 7) is 3.76. The summed E-state index contributed by atoms with van der Waals surface area (Å²) in [5, 5.41) is 26.9. The molecule has 2 fully saturated rings. The number of hydrogen-bond donors (Lipinski definition) is 4. The lowest BCUT2D eigenvalue weighted by Gasteiger charge is -2.40. The fourth-order valence-corrected chi connectivity index (χ4v) is 7.27. The summed E-state index contributed by atoms with van der Waals surface area (Å²) in [4.78, 5) is 47.4. The first-order chi connectivity index (χ1) is 24.6. The minimum Gasteiger partial charge on any atom is -0.384 e. The summed E-state index contributed by atoms with van der Waals surface area (Å²) in [5.74, 6) is -3.00. The maximum atomic E-state index is 15.2. The first-order valence-corrected chi connectivity index (χ1v) is 17.4. The van der Waals surface area contributed by atoms with Gasteiger partial charge in [0.25, 0.3) is 5.91 Å². The van der Waals surface area contributed by atoms with Crippen molar-refractivity contribution in [2.45, 2.75) is 44.7 Å². The molecule has 2 aromatic carbocycles. The van der Waals surface area contributed by atoms with E-state index in [0.29, 0.717) is 51.5 Å². The third kappa shape index (κ3) is 8.36. The number of nitrogens with one attached hydrogen (secondary N) is 2.